The highest BCUT2D eigenvalue weighted by atomic mass is 32.2. The summed E-state index contributed by atoms with van der Waals surface area (Å²) in [5.74, 6) is 0.340. The lowest BCUT2D eigenvalue weighted by Gasteiger charge is -2.24. The van der Waals surface area contributed by atoms with Gasteiger partial charge in [0.1, 0.15) is 0 Å². The number of aromatic nitrogens is 2. The van der Waals surface area contributed by atoms with E-state index in [1.165, 1.54) is 24.0 Å². The molecule has 114 valence electrons. The Kier molecular flexibility index (Phi) is 4.02. The number of nitrogens with one attached hydrogen (secondary N) is 1. The van der Waals surface area contributed by atoms with Gasteiger partial charge in [-0.15, -0.1) is 0 Å². The third-order valence-corrected chi connectivity index (χ3v) is 4.73. The molecule has 5 nitrogen and oxygen atoms in total. The first-order chi connectivity index (χ1) is 10.5. The van der Waals surface area contributed by atoms with Crippen LogP contribution < -0.4 is 10.9 Å². The van der Waals surface area contributed by atoms with Crippen LogP contribution in [0.25, 0.3) is 0 Å². The molecule has 1 aliphatic heterocycles. The van der Waals surface area contributed by atoms with E-state index < -0.39 is 0 Å². The Balaban J connectivity index is 1.77. The third kappa shape index (κ3) is 3.06. The third-order valence-electron chi connectivity index (χ3n) is 3.58. The number of carbonyl (C=O) groups excluding carboxylic acids is 1. The maximum Gasteiger partial charge on any atom is 0.254 e. The molecule has 1 unspecified atom stereocenters. The number of nitrogens with zero attached hydrogens (tertiary/aromatic N) is 2. The van der Waals surface area contributed by atoms with Crippen LogP contribution in [0, 0.1) is 19.8 Å². The van der Waals surface area contributed by atoms with Crippen molar-refractivity contribution in [2.24, 2.45) is 5.92 Å². The van der Waals surface area contributed by atoms with Crippen LogP contribution in [0.3, 0.4) is 0 Å². The molecule has 1 aliphatic rings. The van der Waals surface area contributed by atoms with Crippen LogP contribution in [0.5, 0.6) is 0 Å². The average Bonchev–Trinajstić information content (AvgIpc) is 2.46. The normalized spacial score (nSPS) is 16.9. The Hall–Kier alpha value is -2.08. The Labute approximate surface area is 132 Å². The molecule has 0 fully saturated rings. The fraction of sp³-hybridized carbons (Fsp3) is 0.312. The summed E-state index contributed by atoms with van der Waals surface area (Å²) in [7, 11) is 0. The first kappa shape index (κ1) is 14.8. The van der Waals surface area contributed by atoms with Gasteiger partial charge in [-0.1, -0.05) is 17.8 Å². The summed E-state index contributed by atoms with van der Waals surface area (Å²) in [5.41, 5.74) is 2.91. The van der Waals surface area contributed by atoms with Crippen molar-refractivity contribution in [1.29, 1.82) is 0 Å². The second-order valence-corrected chi connectivity index (χ2v) is 6.54. The van der Waals surface area contributed by atoms with E-state index in [1.54, 1.807) is 4.57 Å². The minimum Gasteiger partial charge on any atom is -0.326 e. The molecule has 1 atom stereocenters. The van der Waals surface area contributed by atoms with Crippen LogP contribution >= 0.6 is 11.8 Å². The van der Waals surface area contributed by atoms with E-state index in [0.29, 0.717) is 17.5 Å². The van der Waals surface area contributed by atoms with E-state index in [4.69, 9.17) is 0 Å². The van der Waals surface area contributed by atoms with Crippen molar-refractivity contribution >= 4 is 23.4 Å². The van der Waals surface area contributed by atoms with Crippen molar-refractivity contribution in [2.45, 2.75) is 25.5 Å². The molecule has 22 heavy (non-hydrogen) atoms. The minimum absolute atomic E-state index is 0.0566. The van der Waals surface area contributed by atoms with Gasteiger partial charge >= 0.3 is 0 Å². The molecular weight excluding hydrogens is 298 g/mol. The highest BCUT2D eigenvalue weighted by Crippen LogP contribution is 2.25. The lowest BCUT2D eigenvalue weighted by molar-refractivity contribution is -0.119. The number of anilines is 1. The molecule has 0 aliphatic carbocycles. The lowest BCUT2D eigenvalue weighted by Crippen LogP contribution is -2.36. The molecule has 3 rings (SSSR count). The fourth-order valence-electron chi connectivity index (χ4n) is 2.60. The van der Waals surface area contributed by atoms with Crippen LogP contribution in [-0.4, -0.2) is 21.2 Å². The number of hydrogen-bond donors (Lipinski definition) is 1. The second-order valence-electron chi connectivity index (χ2n) is 5.55. The molecule has 0 saturated carbocycles. The van der Waals surface area contributed by atoms with Gasteiger partial charge in [-0.05, 0) is 37.1 Å². The van der Waals surface area contributed by atoms with Gasteiger partial charge in [0.05, 0.1) is 5.92 Å². The van der Waals surface area contributed by atoms with E-state index in [2.05, 4.69) is 16.4 Å². The Bertz CT molecular complexity index is 765. The van der Waals surface area contributed by atoms with Gasteiger partial charge < -0.3 is 5.32 Å². The largest absolute Gasteiger partial charge is 0.326 e. The topological polar surface area (TPSA) is 64.0 Å². The fourth-order valence-corrected chi connectivity index (χ4v) is 3.66. The van der Waals surface area contributed by atoms with Gasteiger partial charge in [0.25, 0.3) is 5.56 Å². The first-order valence-electron chi connectivity index (χ1n) is 7.11. The molecule has 0 saturated heterocycles. The summed E-state index contributed by atoms with van der Waals surface area (Å²) in [6, 6.07) is 7.38. The van der Waals surface area contributed by atoms with Crippen molar-refractivity contribution in [3.05, 3.63) is 51.9 Å². The molecule has 0 bridgehead atoms. The lowest BCUT2D eigenvalue weighted by atomic mass is 10.1. The van der Waals surface area contributed by atoms with Crippen LogP contribution in [-0.2, 0) is 11.3 Å². The number of aryl methyl sites for hydroxylation is 2. The van der Waals surface area contributed by atoms with Crippen molar-refractivity contribution in [2.75, 3.05) is 11.1 Å². The minimum atomic E-state index is -0.236. The maximum atomic E-state index is 12.5. The number of hydrogen-bond acceptors (Lipinski definition) is 4. The second kappa shape index (κ2) is 5.96. The summed E-state index contributed by atoms with van der Waals surface area (Å²) in [4.78, 5) is 28.5. The number of amides is 1. The summed E-state index contributed by atoms with van der Waals surface area (Å²) in [5, 5.41) is 3.64. The zero-order valence-corrected chi connectivity index (χ0v) is 13.3. The molecule has 2 heterocycles. The summed E-state index contributed by atoms with van der Waals surface area (Å²) in [6.45, 7) is 4.38. The number of fused-ring (bicyclic) bond motifs is 1. The summed E-state index contributed by atoms with van der Waals surface area (Å²) < 4.78 is 1.57. The monoisotopic (exact) mass is 315 g/mol. The molecule has 2 aromatic rings. The Morgan fingerprint density at radius 1 is 1.32 bits per heavy atom. The van der Waals surface area contributed by atoms with Crippen molar-refractivity contribution in [3.63, 3.8) is 0 Å². The van der Waals surface area contributed by atoms with Crippen molar-refractivity contribution in [1.82, 2.24) is 9.55 Å². The Morgan fingerprint density at radius 3 is 2.77 bits per heavy atom. The van der Waals surface area contributed by atoms with Crippen molar-refractivity contribution < 1.29 is 4.79 Å². The van der Waals surface area contributed by atoms with E-state index in [9.17, 15) is 9.59 Å². The van der Waals surface area contributed by atoms with Gasteiger partial charge in [-0.25, -0.2) is 4.98 Å². The predicted molar refractivity (Wildman–Crippen MR) is 87.3 cm³/mol. The number of benzene rings is 1. The zero-order valence-electron chi connectivity index (χ0n) is 12.5. The van der Waals surface area contributed by atoms with Gasteiger partial charge in [0.15, 0.2) is 5.16 Å². The van der Waals surface area contributed by atoms with Gasteiger partial charge in [0.2, 0.25) is 5.91 Å². The number of rotatable bonds is 2. The molecular formula is C16H17N3O2S. The van der Waals surface area contributed by atoms with Crippen LogP contribution in [0.15, 0.2) is 40.4 Å². The smallest absolute Gasteiger partial charge is 0.254 e. The summed E-state index contributed by atoms with van der Waals surface area (Å²) in [6.07, 6.45) is 1.51. The molecule has 1 N–H and O–H groups in total. The van der Waals surface area contributed by atoms with E-state index in [1.807, 2.05) is 26.0 Å². The molecule has 1 aromatic heterocycles. The average molecular weight is 315 g/mol. The standard InChI is InChI=1S/C16H17N3O2S/c1-10-5-11(2)7-13(6-10)18-15(21)12-8-19-14(20)3-4-17-16(19)22-9-12/h3-7,12H,8-9H2,1-2H3,(H,18,21). The first-order valence-corrected chi connectivity index (χ1v) is 8.09. The van der Waals surface area contributed by atoms with E-state index >= 15 is 0 Å². The van der Waals surface area contributed by atoms with Crippen molar-refractivity contribution in [3.8, 4) is 0 Å². The molecule has 0 spiro atoms. The number of thioether (sulfide) groups is 1. The highest BCUT2D eigenvalue weighted by molar-refractivity contribution is 7.99. The van der Waals surface area contributed by atoms with E-state index in [-0.39, 0.29) is 17.4 Å². The van der Waals surface area contributed by atoms with Gasteiger partial charge in [0, 0.05) is 30.2 Å². The molecule has 1 aromatic carbocycles. The van der Waals surface area contributed by atoms with Crippen LogP contribution in [0.1, 0.15) is 11.1 Å². The molecule has 0 radical (unpaired) electrons. The van der Waals surface area contributed by atoms with E-state index in [0.717, 1.165) is 16.8 Å². The molecule has 1 amide bonds. The molecule has 6 heteroatoms. The van der Waals surface area contributed by atoms with Gasteiger partial charge in [-0.3, -0.25) is 14.2 Å². The van der Waals surface area contributed by atoms with Crippen LogP contribution in [0.2, 0.25) is 0 Å². The predicted octanol–water partition coefficient (Wildman–Crippen LogP) is 2.22. The Morgan fingerprint density at radius 2 is 2.05 bits per heavy atom. The zero-order chi connectivity index (χ0) is 15.7. The summed E-state index contributed by atoms with van der Waals surface area (Å²) >= 11 is 1.45. The highest BCUT2D eigenvalue weighted by Gasteiger charge is 2.26. The van der Waals surface area contributed by atoms with Crippen LogP contribution in [0.4, 0.5) is 5.69 Å². The maximum absolute atomic E-state index is 12.5. The number of carbonyl (C=O) groups is 1. The quantitative estimate of drug-likeness (QED) is 0.863. The van der Waals surface area contributed by atoms with Gasteiger partial charge in [-0.2, -0.15) is 0 Å². The SMILES string of the molecule is Cc1cc(C)cc(NC(=O)C2CSc3nccc(=O)n3C2)c1.